The minimum atomic E-state index is -4.25. The van der Waals surface area contributed by atoms with Gasteiger partial charge in [-0.1, -0.05) is 30.3 Å². The van der Waals surface area contributed by atoms with Crippen LogP contribution in [0.1, 0.15) is 39.2 Å². The standard InChI is InChI=1S/C26H26FN3O6S/c1-18(19-5-3-2-4-6-19)28-25(31)20-15-21(26(32)33)17-24(16-20)30(23-9-7-22(27)8-10-23)37(34,35)29-11-13-36-14-12-29/h2-10,15-18H,11-14H2,1H3,(H,28,31)(H,32,33)/t18-/m1/s1. The maximum absolute atomic E-state index is 13.8. The fourth-order valence-electron chi connectivity index (χ4n) is 3.97. The van der Waals surface area contributed by atoms with Crippen LogP contribution in [-0.4, -0.2) is 56.0 Å². The van der Waals surface area contributed by atoms with E-state index in [9.17, 15) is 27.5 Å². The second-order valence-corrected chi connectivity index (χ2v) is 10.2. The molecule has 1 atom stereocenters. The Morgan fingerprint density at radius 1 is 0.973 bits per heavy atom. The molecule has 0 saturated carbocycles. The zero-order valence-corrected chi connectivity index (χ0v) is 20.8. The smallest absolute Gasteiger partial charge is 0.335 e. The summed E-state index contributed by atoms with van der Waals surface area (Å²) in [6, 6.07) is 17.2. The van der Waals surface area contributed by atoms with Gasteiger partial charge in [-0.05, 0) is 55.0 Å². The Labute approximate surface area is 214 Å². The van der Waals surface area contributed by atoms with Gasteiger partial charge in [-0.25, -0.2) is 13.5 Å². The third-order valence-electron chi connectivity index (χ3n) is 5.90. The molecule has 1 heterocycles. The minimum absolute atomic E-state index is 0.0398. The average molecular weight is 528 g/mol. The molecule has 0 aromatic heterocycles. The molecule has 1 amide bonds. The summed E-state index contributed by atoms with van der Waals surface area (Å²) in [6.45, 7) is 2.33. The second-order valence-electron chi connectivity index (χ2n) is 8.44. The Hall–Kier alpha value is -3.80. The van der Waals surface area contributed by atoms with Crippen LogP contribution in [0.25, 0.3) is 0 Å². The highest BCUT2D eigenvalue weighted by molar-refractivity contribution is 7.90. The maximum Gasteiger partial charge on any atom is 0.335 e. The van der Waals surface area contributed by atoms with Gasteiger partial charge in [0.2, 0.25) is 0 Å². The van der Waals surface area contributed by atoms with Crippen molar-refractivity contribution in [3.63, 3.8) is 0 Å². The van der Waals surface area contributed by atoms with Crippen LogP contribution in [0.15, 0.2) is 72.8 Å². The first-order chi connectivity index (χ1) is 17.7. The van der Waals surface area contributed by atoms with Crippen molar-refractivity contribution < 1.29 is 32.2 Å². The van der Waals surface area contributed by atoms with Crippen molar-refractivity contribution in [2.75, 3.05) is 30.6 Å². The Bertz CT molecular complexity index is 1380. The van der Waals surface area contributed by atoms with Gasteiger partial charge >= 0.3 is 16.2 Å². The van der Waals surface area contributed by atoms with Crippen LogP contribution in [0.3, 0.4) is 0 Å². The third-order valence-corrected chi connectivity index (χ3v) is 7.80. The predicted molar refractivity (Wildman–Crippen MR) is 136 cm³/mol. The van der Waals surface area contributed by atoms with E-state index in [-0.39, 0.29) is 48.8 Å². The molecule has 1 aliphatic rings. The van der Waals surface area contributed by atoms with Gasteiger partial charge in [0.25, 0.3) is 5.91 Å². The lowest BCUT2D eigenvalue weighted by Gasteiger charge is -2.33. The highest BCUT2D eigenvalue weighted by atomic mass is 32.2. The van der Waals surface area contributed by atoms with E-state index in [0.717, 1.165) is 22.0 Å². The molecule has 0 bridgehead atoms. The number of ether oxygens (including phenoxy) is 1. The molecule has 3 aromatic rings. The Morgan fingerprint density at radius 3 is 2.22 bits per heavy atom. The van der Waals surface area contributed by atoms with Gasteiger partial charge in [-0.2, -0.15) is 12.7 Å². The van der Waals surface area contributed by atoms with Crippen molar-refractivity contribution in [2.24, 2.45) is 0 Å². The summed E-state index contributed by atoms with van der Waals surface area (Å²) in [6.07, 6.45) is 0. The molecule has 11 heteroatoms. The average Bonchev–Trinajstić information content (AvgIpc) is 2.90. The number of rotatable bonds is 8. The second kappa shape index (κ2) is 11.1. The summed E-state index contributed by atoms with van der Waals surface area (Å²) >= 11 is 0. The van der Waals surface area contributed by atoms with E-state index in [0.29, 0.717) is 0 Å². The van der Waals surface area contributed by atoms with Crippen LogP contribution in [0, 0.1) is 5.82 Å². The first-order valence-corrected chi connectivity index (χ1v) is 12.9. The number of nitrogens with one attached hydrogen (secondary N) is 1. The SMILES string of the molecule is C[C@@H](NC(=O)c1cc(C(=O)O)cc(N(c2ccc(F)cc2)S(=O)(=O)N2CCOCC2)c1)c1ccccc1. The number of hydrogen-bond acceptors (Lipinski definition) is 5. The summed E-state index contributed by atoms with van der Waals surface area (Å²) in [4.78, 5) is 25.1. The number of nitrogens with zero attached hydrogens (tertiary/aromatic N) is 2. The van der Waals surface area contributed by atoms with E-state index in [1.807, 2.05) is 30.3 Å². The quantitative estimate of drug-likeness (QED) is 0.461. The number of amides is 1. The van der Waals surface area contributed by atoms with Gasteiger partial charge < -0.3 is 15.2 Å². The van der Waals surface area contributed by atoms with Gasteiger partial charge in [0.15, 0.2) is 0 Å². The molecule has 0 unspecified atom stereocenters. The number of benzene rings is 3. The Kier molecular flexibility index (Phi) is 7.86. The van der Waals surface area contributed by atoms with Crippen LogP contribution >= 0.6 is 0 Å². The molecule has 1 saturated heterocycles. The molecule has 0 radical (unpaired) electrons. The van der Waals surface area contributed by atoms with E-state index in [2.05, 4.69) is 5.32 Å². The lowest BCUT2D eigenvalue weighted by molar-refractivity contribution is 0.0697. The molecule has 9 nitrogen and oxygen atoms in total. The zero-order chi connectivity index (χ0) is 26.6. The van der Waals surface area contributed by atoms with Crippen molar-refractivity contribution in [3.05, 3.63) is 95.3 Å². The third kappa shape index (κ3) is 5.96. The topological polar surface area (TPSA) is 116 Å². The van der Waals surface area contributed by atoms with Crippen LogP contribution in [-0.2, 0) is 14.9 Å². The number of hydrogen-bond donors (Lipinski definition) is 2. The number of halogens is 1. The van der Waals surface area contributed by atoms with E-state index >= 15 is 0 Å². The van der Waals surface area contributed by atoms with Crippen LogP contribution in [0.4, 0.5) is 15.8 Å². The van der Waals surface area contributed by atoms with E-state index in [4.69, 9.17) is 4.74 Å². The van der Waals surface area contributed by atoms with Crippen molar-refractivity contribution in [2.45, 2.75) is 13.0 Å². The highest BCUT2D eigenvalue weighted by Crippen LogP contribution is 2.33. The van der Waals surface area contributed by atoms with Crippen molar-refractivity contribution in [1.82, 2.24) is 9.62 Å². The summed E-state index contributed by atoms with van der Waals surface area (Å²) in [5, 5.41) is 12.6. The van der Waals surface area contributed by atoms with Gasteiger partial charge in [-0.15, -0.1) is 0 Å². The molecule has 4 rings (SSSR count). The van der Waals surface area contributed by atoms with Gasteiger partial charge in [0, 0.05) is 18.7 Å². The van der Waals surface area contributed by atoms with Gasteiger partial charge in [0.05, 0.1) is 36.2 Å². The van der Waals surface area contributed by atoms with Gasteiger partial charge in [0.1, 0.15) is 5.82 Å². The monoisotopic (exact) mass is 527 g/mol. The normalized spacial score (nSPS) is 15.1. The molecule has 1 aliphatic heterocycles. The van der Waals surface area contributed by atoms with E-state index in [1.165, 1.54) is 34.6 Å². The number of carboxylic acid groups (broad SMARTS) is 1. The number of carbonyl (C=O) groups is 2. The lowest BCUT2D eigenvalue weighted by atomic mass is 10.1. The molecule has 1 fully saturated rings. The molecule has 3 aromatic carbocycles. The van der Waals surface area contributed by atoms with E-state index in [1.54, 1.807) is 6.92 Å². The summed E-state index contributed by atoms with van der Waals surface area (Å²) < 4.78 is 48.6. The number of anilines is 2. The fourth-order valence-corrected chi connectivity index (χ4v) is 5.57. The fraction of sp³-hybridized carbons (Fsp3) is 0.231. The number of carbonyl (C=O) groups excluding carboxylic acids is 1. The molecular formula is C26H26FN3O6S. The predicted octanol–water partition coefficient (Wildman–Crippen LogP) is 3.73. The Morgan fingerprint density at radius 2 is 1.59 bits per heavy atom. The summed E-state index contributed by atoms with van der Waals surface area (Å²) in [7, 11) is -4.25. The number of morpholine rings is 1. The van der Waals surface area contributed by atoms with Crippen molar-refractivity contribution in [1.29, 1.82) is 0 Å². The number of carboxylic acids is 1. The molecule has 0 spiro atoms. The van der Waals surface area contributed by atoms with E-state index < -0.39 is 33.9 Å². The molecular weight excluding hydrogens is 501 g/mol. The minimum Gasteiger partial charge on any atom is -0.478 e. The first-order valence-electron chi connectivity index (χ1n) is 11.5. The molecule has 194 valence electrons. The molecule has 37 heavy (non-hydrogen) atoms. The highest BCUT2D eigenvalue weighted by Gasteiger charge is 2.33. The van der Waals surface area contributed by atoms with Crippen LogP contribution in [0.5, 0.6) is 0 Å². The van der Waals surface area contributed by atoms with Crippen molar-refractivity contribution in [3.8, 4) is 0 Å². The number of aromatic carboxylic acids is 1. The first kappa shape index (κ1) is 26.3. The summed E-state index contributed by atoms with van der Waals surface area (Å²) in [5.41, 5.74) is 0.532. The summed E-state index contributed by atoms with van der Waals surface area (Å²) in [5.74, 6) is -2.49. The lowest BCUT2D eigenvalue weighted by Crippen LogP contribution is -2.47. The van der Waals surface area contributed by atoms with Crippen molar-refractivity contribution >= 4 is 33.5 Å². The largest absolute Gasteiger partial charge is 0.478 e. The zero-order valence-electron chi connectivity index (χ0n) is 20.0. The molecule has 2 N–H and O–H groups in total. The van der Waals surface area contributed by atoms with Crippen LogP contribution < -0.4 is 9.62 Å². The molecule has 0 aliphatic carbocycles. The Balaban J connectivity index is 1.79. The maximum atomic E-state index is 13.8. The van der Waals surface area contributed by atoms with Gasteiger partial charge in [-0.3, -0.25) is 4.79 Å². The van der Waals surface area contributed by atoms with Crippen LogP contribution in [0.2, 0.25) is 0 Å².